The predicted molar refractivity (Wildman–Crippen MR) is 133 cm³/mol. The van der Waals surface area contributed by atoms with Crippen molar-refractivity contribution in [2.45, 2.75) is 13.0 Å². The number of aliphatic hydroxyl groups is 1. The van der Waals surface area contributed by atoms with Crippen LogP contribution in [0, 0.1) is 11.3 Å². The maximum absolute atomic E-state index is 13.4. The van der Waals surface area contributed by atoms with Gasteiger partial charge in [-0.2, -0.15) is 5.26 Å². The number of rotatable bonds is 6. The quantitative estimate of drug-likeness (QED) is 0.177. The molecule has 1 saturated heterocycles. The number of benzene rings is 3. The number of ether oxygens (including phenoxy) is 3. The second-order valence-corrected chi connectivity index (χ2v) is 8.06. The Hall–Kier alpha value is -5.10. The minimum absolute atomic E-state index is 0.183. The molecule has 1 aliphatic heterocycles. The number of carbonyl (C=O) groups excluding carboxylic acids is 3. The van der Waals surface area contributed by atoms with Crippen molar-refractivity contribution in [3.05, 3.63) is 89.0 Å². The van der Waals surface area contributed by atoms with Crippen LogP contribution < -0.4 is 19.1 Å². The molecular formula is C28H22N2O7. The standard InChI is InChI=1S/C28H22N2O7/c1-16(31)37-21-6-4-5-18(13-21)25-24(26(32)22-12-11-20(35-2)14-23(22)36-3)27(33)28(34)30(25)19-9-7-17(15-29)8-10-19/h4-14,25,32H,1-3H3/b26-24+. The van der Waals surface area contributed by atoms with E-state index in [4.69, 9.17) is 19.5 Å². The molecule has 0 aliphatic carbocycles. The van der Waals surface area contributed by atoms with Gasteiger partial charge in [-0.15, -0.1) is 0 Å². The van der Waals surface area contributed by atoms with Gasteiger partial charge in [0.1, 0.15) is 23.0 Å². The number of aliphatic hydroxyl groups excluding tert-OH is 1. The van der Waals surface area contributed by atoms with Crippen LogP contribution in [0.15, 0.2) is 72.3 Å². The number of nitrogens with zero attached hydrogens (tertiary/aromatic N) is 2. The summed E-state index contributed by atoms with van der Waals surface area (Å²) < 4.78 is 15.8. The van der Waals surface area contributed by atoms with E-state index in [0.717, 1.165) is 0 Å². The molecule has 3 aromatic rings. The molecule has 0 aromatic heterocycles. The van der Waals surface area contributed by atoms with E-state index in [-0.39, 0.29) is 22.6 Å². The molecule has 9 nitrogen and oxygen atoms in total. The SMILES string of the molecule is COc1ccc(/C(O)=C2\C(=O)C(=O)N(c3ccc(C#N)cc3)C2c2cccc(OC(C)=O)c2)c(OC)c1. The topological polar surface area (TPSA) is 126 Å². The molecule has 1 unspecified atom stereocenters. The zero-order valence-corrected chi connectivity index (χ0v) is 20.2. The van der Waals surface area contributed by atoms with Crippen LogP contribution in [0.4, 0.5) is 5.69 Å². The molecule has 37 heavy (non-hydrogen) atoms. The largest absolute Gasteiger partial charge is 0.507 e. The molecule has 186 valence electrons. The Morgan fingerprint density at radius 1 is 0.973 bits per heavy atom. The van der Waals surface area contributed by atoms with E-state index in [1.54, 1.807) is 42.5 Å². The number of methoxy groups -OCH3 is 2. The number of hydrogen-bond acceptors (Lipinski definition) is 8. The van der Waals surface area contributed by atoms with Crippen LogP contribution in [-0.2, 0) is 14.4 Å². The second kappa shape index (κ2) is 10.3. The number of nitriles is 1. The predicted octanol–water partition coefficient (Wildman–Crippen LogP) is 4.13. The normalized spacial score (nSPS) is 16.3. The molecule has 9 heteroatoms. The highest BCUT2D eigenvalue weighted by atomic mass is 16.5. The number of Topliss-reactive ketones (excluding diaryl/α,β-unsaturated/α-hetero) is 1. The van der Waals surface area contributed by atoms with Crippen molar-refractivity contribution in [3.63, 3.8) is 0 Å². The minimum atomic E-state index is -1.07. The van der Waals surface area contributed by atoms with Gasteiger partial charge >= 0.3 is 5.97 Å². The van der Waals surface area contributed by atoms with E-state index in [1.165, 1.54) is 50.3 Å². The van der Waals surface area contributed by atoms with Crippen LogP contribution in [0.2, 0.25) is 0 Å². The maximum Gasteiger partial charge on any atom is 0.308 e. The zero-order valence-electron chi connectivity index (χ0n) is 20.2. The number of anilines is 1. The summed E-state index contributed by atoms with van der Waals surface area (Å²) in [6, 6.07) is 18.1. The summed E-state index contributed by atoms with van der Waals surface area (Å²) in [5, 5.41) is 20.6. The number of ketones is 1. The number of hydrogen-bond donors (Lipinski definition) is 1. The van der Waals surface area contributed by atoms with Gasteiger partial charge in [-0.3, -0.25) is 19.3 Å². The lowest BCUT2D eigenvalue weighted by Crippen LogP contribution is -2.29. The average molecular weight is 498 g/mol. The highest BCUT2D eigenvalue weighted by Gasteiger charge is 2.47. The van der Waals surface area contributed by atoms with E-state index in [0.29, 0.717) is 22.6 Å². The van der Waals surface area contributed by atoms with Crippen LogP contribution in [0.3, 0.4) is 0 Å². The van der Waals surface area contributed by atoms with Crippen molar-refractivity contribution in [1.29, 1.82) is 5.26 Å². The van der Waals surface area contributed by atoms with Crippen molar-refractivity contribution in [3.8, 4) is 23.3 Å². The first-order valence-corrected chi connectivity index (χ1v) is 11.1. The summed E-state index contributed by atoms with van der Waals surface area (Å²) in [7, 11) is 2.88. The zero-order chi connectivity index (χ0) is 26.7. The molecule has 4 rings (SSSR count). The van der Waals surface area contributed by atoms with Gasteiger partial charge in [0.25, 0.3) is 11.7 Å². The lowest BCUT2D eigenvalue weighted by molar-refractivity contribution is -0.132. The Morgan fingerprint density at radius 3 is 2.32 bits per heavy atom. The number of amides is 1. The summed E-state index contributed by atoms with van der Waals surface area (Å²) in [6.07, 6.45) is 0. The van der Waals surface area contributed by atoms with E-state index in [2.05, 4.69) is 0 Å². The van der Waals surface area contributed by atoms with E-state index >= 15 is 0 Å². The molecule has 1 heterocycles. The number of esters is 1. The monoisotopic (exact) mass is 498 g/mol. The van der Waals surface area contributed by atoms with Gasteiger partial charge in [0.05, 0.1) is 43.0 Å². The average Bonchev–Trinajstić information content (AvgIpc) is 3.17. The first kappa shape index (κ1) is 25.0. The van der Waals surface area contributed by atoms with Gasteiger partial charge in [0, 0.05) is 18.7 Å². The molecule has 0 bridgehead atoms. The summed E-state index contributed by atoms with van der Waals surface area (Å²) in [5.41, 5.74) is 1.12. The van der Waals surface area contributed by atoms with Crippen LogP contribution in [0.5, 0.6) is 17.2 Å². The van der Waals surface area contributed by atoms with Gasteiger partial charge in [-0.25, -0.2) is 0 Å². The summed E-state index contributed by atoms with van der Waals surface area (Å²) in [5.74, 6) is -1.87. The molecule has 1 aliphatic rings. The molecule has 0 spiro atoms. The van der Waals surface area contributed by atoms with Crippen LogP contribution in [0.1, 0.15) is 29.7 Å². The minimum Gasteiger partial charge on any atom is -0.507 e. The molecular weight excluding hydrogens is 476 g/mol. The third-order valence-corrected chi connectivity index (χ3v) is 5.82. The van der Waals surface area contributed by atoms with Crippen molar-refractivity contribution in [2.24, 2.45) is 0 Å². The molecule has 1 N–H and O–H groups in total. The fourth-order valence-electron chi connectivity index (χ4n) is 4.16. The van der Waals surface area contributed by atoms with Gasteiger partial charge < -0.3 is 19.3 Å². The molecule has 1 amide bonds. The summed E-state index contributed by atoms with van der Waals surface area (Å²) in [4.78, 5) is 39.5. The highest BCUT2D eigenvalue weighted by molar-refractivity contribution is 6.51. The van der Waals surface area contributed by atoms with Gasteiger partial charge in [0.2, 0.25) is 0 Å². The van der Waals surface area contributed by atoms with Gasteiger partial charge in [-0.1, -0.05) is 12.1 Å². The maximum atomic E-state index is 13.4. The molecule has 0 radical (unpaired) electrons. The summed E-state index contributed by atoms with van der Waals surface area (Å²) in [6.45, 7) is 1.26. The fourth-order valence-corrected chi connectivity index (χ4v) is 4.16. The van der Waals surface area contributed by atoms with E-state index in [9.17, 15) is 19.5 Å². The van der Waals surface area contributed by atoms with Crippen LogP contribution in [-0.4, -0.2) is 37.0 Å². The van der Waals surface area contributed by atoms with E-state index < -0.39 is 29.5 Å². The summed E-state index contributed by atoms with van der Waals surface area (Å²) >= 11 is 0. The van der Waals surface area contributed by atoms with E-state index in [1.807, 2.05) is 6.07 Å². The third-order valence-electron chi connectivity index (χ3n) is 5.82. The van der Waals surface area contributed by atoms with Crippen molar-refractivity contribution in [2.75, 3.05) is 19.1 Å². The van der Waals surface area contributed by atoms with Crippen molar-refractivity contribution >= 4 is 29.1 Å². The van der Waals surface area contributed by atoms with Crippen LogP contribution in [0.25, 0.3) is 5.76 Å². The Labute approximate surface area is 212 Å². The van der Waals surface area contributed by atoms with Crippen molar-refractivity contribution < 1.29 is 33.7 Å². The fraction of sp³-hybridized carbons (Fsp3) is 0.143. The Balaban J connectivity index is 1.96. The lowest BCUT2D eigenvalue weighted by Gasteiger charge is -2.26. The number of carbonyl (C=O) groups is 3. The Bertz CT molecular complexity index is 1470. The molecule has 3 aromatic carbocycles. The lowest BCUT2D eigenvalue weighted by atomic mass is 9.94. The molecule has 1 atom stereocenters. The highest BCUT2D eigenvalue weighted by Crippen LogP contribution is 2.44. The van der Waals surface area contributed by atoms with Gasteiger partial charge in [0.15, 0.2) is 0 Å². The first-order valence-electron chi connectivity index (χ1n) is 11.1. The van der Waals surface area contributed by atoms with Crippen LogP contribution >= 0.6 is 0 Å². The van der Waals surface area contributed by atoms with Gasteiger partial charge in [-0.05, 0) is 54.1 Å². The first-order chi connectivity index (χ1) is 17.8. The third kappa shape index (κ3) is 4.73. The Morgan fingerprint density at radius 2 is 1.70 bits per heavy atom. The second-order valence-electron chi connectivity index (χ2n) is 8.06. The van der Waals surface area contributed by atoms with Crippen molar-refractivity contribution in [1.82, 2.24) is 0 Å². The molecule has 0 saturated carbocycles. The Kier molecular flexibility index (Phi) is 6.93. The smallest absolute Gasteiger partial charge is 0.308 e. The molecule has 1 fully saturated rings.